The van der Waals surface area contributed by atoms with Gasteiger partial charge >= 0.3 is 0 Å². The first-order chi connectivity index (χ1) is 15.9. The van der Waals surface area contributed by atoms with E-state index in [1.54, 1.807) is 24.0 Å². The normalized spacial score (nSPS) is 17.6. The van der Waals surface area contributed by atoms with Gasteiger partial charge in [-0.25, -0.2) is 12.8 Å². The topological polar surface area (TPSA) is 80.5 Å². The van der Waals surface area contributed by atoms with Crippen molar-refractivity contribution in [1.82, 2.24) is 10.1 Å². The SMILES string of the molecule is Cc1ccc(-c2cc(C(=O)N(Cc3ccc(C(C)(C)C)cc3)[C@@H]3CCS(=O)(=O)C3)no2)cc1F. The largest absolute Gasteiger partial charge is 0.355 e. The van der Waals surface area contributed by atoms with Crippen LogP contribution in [0.2, 0.25) is 0 Å². The number of hydrogen-bond acceptors (Lipinski definition) is 5. The fraction of sp³-hybridized carbons (Fsp3) is 0.385. The van der Waals surface area contributed by atoms with Gasteiger partial charge in [-0.3, -0.25) is 4.79 Å². The van der Waals surface area contributed by atoms with E-state index in [0.717, 1.165) is 5.56 Å². The third-order valence-corrected chi connectivity index (χ3v) is 8.02. The highest BCUT2D eigenvalue weighted by Crippen LogP contribution is 2.27. The second-order valence-electron chi connectivity index (χ2n) is 9.98. The fourth-order valence-electron chi connectivity index (χ4n) is 4.10. The van der Waals surface area contributed by atoms with Crippen LogP contribution in [0.3, 0.4) is 0 Å². The molecule has 0 radical (unpaired) electrons. The van der Waals surface area contributed by atoms with Gasteiger partial charge in [0, 0.05) is 24.2 Å². The number of sulfone groups is 1. The van der Waals surface area contributed by atoms with E-state index >= 15 is 0 Å². The Morgan fingerprint density at radius 1 is 1.15 bits per heavy atom. The average Bonchev–Trinajstić information content (AvgIpc) is 3.40. The van der Waals surface area contributed by atoms with Crippen molar-refractivity contribution in [2.75, 3.05) is 11.5 Å². The highest BCUT2D eigenvalue weighted by Gasteiger charge is 2.36. The van der Waals surface area contributed by atoms with Gasteiger partial charge in [0.15, 0.2) is 21.3 Å². The predicted molar refractivity (Wildman–Crippen MR) is 129 cm³/mol. The molecule has 1 saturated heterocycles. The number of halogens is 1. The Bertz CT molecular complexity index is 1310. The third kappa shape index (κ3) is 5.22. The molecule has 0 saturated carbocycles. The lowest BCUT2D eigenvalue weighted by atomic mass is 9.86. The van der Waals surface area contributed by atoms with Crippen LogP contribution in [0.1, 0.15) is 54.4 Å². The van der Waals surface area contributed by atoms with E-state index in [4.69, 9.17) is 4.52 Å². The average molecular weight is 485 g/mol. The molecule has 2 aromatic carbocycles. The number of aryl methyl sites for hydroxylation is 1. The summed E-state index contributed by atoms with van der Waals surface area (Å²) in [5, 5.41) is 3.92. The summed E-state index contributed by atoms with van der Waals surface area (Å²) in [6.45, 7) is 8.30. The highest BCUT2D eigenvalue weighted by molar-refractivity contribution is 7.91. The molecule has 3 aromatic rings. The maximum atomic E-state index is 14.0. The van der Waals surface area contributed by atoms with Crippen LogP contribution in [0.15, 0.2) is 53.1 Å². The summed E-state index contributed by atoms with van der Waals surface area (Å²) < 4.78 is 43.6. The minimum atomic E-state index is -3.20. The molecule has 0 spiro atoms. The number of amides is 1. The fourth-order valence-corrected chi connectivity index (χ4v) is 5.83. The Hall–Kier alpha value is -3.00. The van der Waals surface area contributed by atoms with E-state index in [2.05, 4.69) is 25.9 Å². The van der Waals surface area contributed by atoms with Crippen molar-refractivity contribution >= 4 is 15.7 Å². The van der Waals surface area contributed by atoms with Crippen LogP contribution in [0.25, 0.3) is 11.3 Å². The summed E-state index contributed by atoms with van der Waals surface area (Å²) >= 11 is 0. The summed E-state index contributed by atoms with van der Waals surface area (Å²) in [7, 11) is -3.20. The number of benzene rings is 2. The molecule has 8 heteroatoms. The third-order valence-electron chi connectivity index (χ3n) is 6.27. The number of hydrogen-bond donors (Lipinski definition) is 0. The summed E-state index contributed by atoms with van der Waals surface area (Å²) in [4.78, 5) is 15.0. The summed E-state index contributed by atoms with van der Waals surface area (Å²) in [5.74, 6) is -0.539. The molecule has 4 rings (SSSR count). The van der Waals surface area contributed by atoms with Crippen molar-refractivity contribution in [2.24, 2.45) is 0 Å². The zero-order valence-electron chi connectivity index (χ0n) is 19.8. The van der Waals surface area contributed by atoms with Gasteiger partial charge in [0.25, 0.3) is 5.91 Å². The van der Waals surface area contributed by atoms with Gasteiger partial charge in [-0.1, -0.05) is 62.3 Å². The minimum Gasteiger partial charge on any atom is -0.355 e. The predicted octanol–water partition coefficient (Wildman–Crippen LogP) is 4.92. The molecule has 1 aliphatic rings. The second kappa shape index (κ2) is 8.98. The van der Waals surface area contributed by atoms with Crippen molar-refractivity contribution in [3.63, 3.8) is 0 Å². The Labute approximate surface area is 199 Å². The summed E-state index contributed by atoms with van der Waals surface area (Å²) in [6.07, 6.45) is 0.377. The first-order valence-corrected chi connectivity index (χ1v) is 13.1. The maximum Gasteiger partial charge on any atom is 0.276 e. The Kier molecular flexibility index (Phi) is 6.38. The van der Waals surface area contributed by atoms with Crippen LogP contribution in [-0.4, -0.2) is 41.9 Å². The number of nitrogens with zero attached hydrogens (tertiary/aromatic N) is 2. The Balaban J connectivity index is 1.62. The smallest absolute Gasteiger partial charge is 0.276 e. The van der Waals surface area contributed by atoms with Crippen molar-refractivity contribution in [2.45, 2.75) is 52.1 Å². The van der Waals surface area contributed by atoms with E-state index in [1.165, 1.54) is 17.7 Å². The van der Waals surface area contributed by atoms with Crippen molar-refractivity contribution in [3.05, 3.63) is 76.7 Å². The van der Waals surface area contributed by atoms with Gasteiger partial charge in [-0.2, -0.15) is 0 Å². The minimum absolute atomic E-state index is 0.000133. The van der Waals surface area contributed by atoms with Crippen LogP contribution in [0, 0.1) is 12.7 Å². The van der Waals surface area contributed by atoms with Crippen LogP contribution >= 0.6 is 0 Å². The molecule has 0 aliphatic carbocycles. The quantitative estimate of drug-likeness (QED) is 0.514. The van der Waals surface area contributed by atoms with Crippen molar-refractivity contribution < 1.29 is 22.1 Å². The lowest BCUT2D eigenvalue weighted by molar-refractivity contribution is 0.0670. The summed E-state index contributed by atoms with van der Waals surface area (Å²) in [6, 6.07) is 13.7. The molecule has 1 aromatic heterocycles. The molecule has 1 amide bonds. The van der Waals surface area contributed by atoms with Gasteiger partial charge in [0.05, 0.1) is 11.5 Å². The Morgan fingerprint density at radius 3 is 2.44 bits per heavy atom. The molecule has 34 heavy (non-hydrogen) atoms. The van der Waals surface area contributed by atoms with Crippen LogP contribution in [-0.2, 0) is 21.8 Å². The molecule has 0 bridgehead atoms. The first kappa shape index (κ1) is 24.1. The van der Waals surface area contributed by atoms with Gasteiger partial charge in [-0.15, -0.1) is 0 Å². The van der Waals surface area contributed by atoms with E-state index in [9.17, 15) is 17.6 Å². The van der Waals surface area contributed by atoms with Crippen LogP contribution in [0.5, 0.6) is 0 Å². The van der Waals surface area contributed by atoms with Gasteiger partial charge < -0.3 is 9.42 Å². The molecule has 6 nitrogen and oxygen atoms in total. The zero-order chi connectivity index (χ0) is 24.7. The standard InChI is InChI=1S/C26H29FN2O4S/c1-17-5-8-19(13-22(17)27)24-14-23(28-33-24)25(30)29(21-11-12-34(31,32)16-21)15-18-6-9-20(10-7-18)26(2,3)4/h5-10,13-14,21H,11-12,15-16H2,1-4H3/t21-/m1/s1. The van der Waals surface area contributed by atoms with E-state index in [-0.39, 0.29) is 40.7 Å². The molecule has 2 heterocycles. The first-order valence-electron chi connectivity index (χ1n) is 11.3. The molecule has 0 N–H and O–H groups in total. The Morgan fingerprint density at radius 2 is 1.85 bits per heavy atom. The number of rotatable bonds is 5. The van der Waals surface area contributed by atoms with Crippen LogP contribution < -0.4 is 0 Å². The van der Waals surface area contributed by atoms with E-state index in [0.29, 0.717) is 17.5 Å². The maximum absolute atomic E-state index is 14.0. The molecule has 1 aliphatic heterocycles. The molecule has 0 unspecified atom stereocenters. The van der Waals surface area contributed by atoms with E-state index in [1.807, 2.05) is 24.3 Å². The monoisotopic (exact) mass is 484 g/mol. The number of carbonyl (C=O) groups is 1. The zero-order valence-corrected chi connectivity index (χ0v) is 20.7. The van der Waals surface area contributed by atoms with Gasteiger partial charge in [0.1, 0.15) is 5.82 Å². The summed E-state index contributed by atoms with van der Waals surface area (Å²) in [5.41, 5.74) is 3.11. The molecule has 1 atom stereocenters. The molecule has 1 fully saturated rings. The van der Waals surface area contributed by atoms with Crippen molar-refractivity contribution in [3.8, 4) is 11.3 Å². The number of carbonyl (C=O) groups excluding carboxylic acids is 1. The van der Waals surface area contributed by atoms with E-state index < -0.39 is 21.8 Å². The lowest BCUT2D eigenvalue weighted by Crippen LogP contribution is -2.40. The van der Waals surface area contributed by atoms with Crippen LogP contribution in [0.4, 0.5) is 4.39 Å². The van der Waals surface area contributed by atoms with Gasteiger partial charge in [0.2, 0.25) is 0 Å². The lowest BCUT2D eigenvalue weighted by Gasteiger charge is -2.28. The van der Waals surface area contributed by atoms with Crippen molar-refractivity contribution in [1.29, 1.82) is 0 Å². The molecule has 180 valence electrons. The highest BCUT2D eigenvalue weighted by atomic mass is 32.2. The molecular weight excluding hydrogens is 455 g/mol. The van der Waals surface area contributed by atoms with Gasteiger partial charge in [-0.05, 0) is 41.5 Å². The molecular formula is C26H29FN2O4S. The second-order valence-corrected chi connectivity index (χ2v) is 12.2. The number of aromatic nitrogens is 1.